The fourth-order valence-electron chi connectivity index (χ4n) is 5.19. The van der Waals surface area contributed by atoms with Crippen molar-refractivity contribution in [3.63, 3.8) is 0 Å². The average molecular weight is 430 g/mol. The zero-order valence-electron chi connectivity index (χ0n) is 18.7. The van der Waals surface area contributed by atoms with E-state index in [-0.39, 0.29) is 18.1 Å². The highest BCUT2D eigenvalue weighted by Crippen LogP contribution is 2.36. The predicted molar refractivity (Wildman–Crippen MR) is 125 cm³/mol. The second kappa shape index (κ2) is 9.21. The van der Waals surface area contributed by atoms with Gasteiger partial charge in [-0.3, -0.25) is 4.90 Å². The quantitative estimate of drug-likeness (QED) is 0.641. The minimum atomic E-state index is -0.0722. The molecule has 166 valence electrons. The summed E-state index contributed by atoms with van der Waals surface area (Å²) in [6, 6.07) is 23.3. The number of rotatable bonds is 4. The van der Waals surface area contributed by atoms with Gasteiger partial charge in [0.25, 0.3) is 0 Å². The molecule has 3 aromatic rings. The van der Waals surface area contributed by atoms with Crippen molar-refractivity contribution in [3.05, 3.63) is 94.9 Å². The molecule has 32 heavy (non-hydrogen) atoms. The van der Waals surface area contributed by atoms with Crippen molar-refractivity contribution in [2.45, 2.75) is 44.8 Å². The van der Waals surface area contributed by atoms with Crippen LogP contribution >= 0.6 is 0 Å². The van der Waals surface area contributed by atoms with Crippen LogP contribution in [0.1, 0.15) is 47.1 Å². The van der Waals surface area contributed by atoms with Gasteiger partial charge >= 0.3 is 6.03 Å². The molecule has 3 heterocycles. The molecule has 0 radical (unpaired) electrons. The molecule has 0 aliphatic carbocycles. The molecule has 2 aliphatic heterocycles. The first kappa shape index (κ1) is 20.8. The lowest BCUT2D eigenvalue weighted by Gasteiger charge is -2.44. The Labute approximate surface area is 190 Å². The summed E-state index contributed by atoms with van der Waals surface area (Å²) in [6.45, 7) is 5.40. The van der Waals surface area contributed by atoms with Gasteiger partial charge in [-0.05, 0) is 55.0 Å². The van der Waals surface area contributed by atoms with E-state index in [9.17, 15) is 4.79 Å². The smallest absolute Gasteiger partial charge is 0.318 e. The van der Waals surface area contributed by atoms with Crippen molar-refractivity contribution in [1.29, 1.82) is 0 Å². The third-order valence-corrected chi connectivity index (χ3v) is 6.77. The first-order valence-electron chi connectivity index (χ1n) is 11.7. The van der Waals surface area contributed by atoms with Crippen LogP contribution < -0.4 is 5.32 Å². The fraction of sp³-hybridized carbons (Fsp3) is 0.370. The summed E-state index contributed by atoms with van der Waals surface area (Å²) in [5.41, 5.74) is 3.74. The van der Waals surface area contributed by atoms with Crippen molar-refractivity contribution >= 4 is 6.03 Å². The number of furan rings is 1. The highest BCUT2D eigenvalue weighted by molar-refractivity contribution is 5.76. The van der Waals surface area contributed by atoms with Crippen LogP contribution in [-0.2, 0) is 13.0 Å². The number of amides is 2. The molecule has 1 saturated heterocycles. The molecule has 2 aliphatic rings. The van der Waals surface area contributed by atoms with Crippen LogP contribution in [0.5, 0.6) is 0 Å². The molecule has 2 amide bonds. The molecule has 5 heteroatoms. The van der Waals surface area contributed by atoms with Gasteiger partial charge in [-0.2, -0.15) is 0 Å². The van der Waals surface area contributed by atoms with E-state index in [4.69, 9.17) is 4.42 Å². The van der Waals surface area contributed by atoms with Crippen molar-refractivity contribution in [2.24, 2.45) is 0 Å². The highest BCUT2D eigenvalue weighted by Gasteiger charge is 2.36. The van der Waals surface area contributed by atoms with E-state index in [1.165, 1.54) is 16.7 Å². The maximum Gasteiger partial charge on any atom is 0.318 e. The third-order valence-electron chi connectivity index (χ3n) is 6.77. The lowest BCUT2D eigenvalue weighted by Crippen LogP contribution is -2.53. The van der Waals surface area contributed by atoms with Crippen LogP contribution in [0.4, 0.5) is 4.79 Å². The molecule has 1 aromatic heterocycles. The maximum absolute atomic E-state index is 13.4. The standard InChI is InChI=1S/C27H31N3O2/c1-20-11-12-24(32-20)19-29-17-14-23(15-18-29)30-26(22-8-3-2-4-9-22)25-10-6-5-7-21(25)13-16-28-27(30)31/h2-12,23,26H,13-19H2,1H3,(H,28,31). The Kier molecular flexibility index (Phi) is 5.99. The first-order valence-corrected chi connectivity index (χ1v) is 11.7. The third kappa shape index (κ3) is 4.30. The largest absolute Gasteiger partial charge is 0.465 e. The Morgan fingerprint density at radius 3 is 2.47 bits per heavy atom. The van der Waals surface area contributed by atoms with Crippen molar-refractivity contribution in [1.82, 2.24) is 15.1 Å². The fourth-order valence-corrected chi connectivity index (χ4v) is 5.19. The molecule has 1 unspecified atom stereocenters. The lowest BCUT2D eigenvalue weighted by molar-refractivity contribution is 0.0967. The number of fused-ring (bicyclic) bond motifs is 1. The lowest BCUT2D eigenvalue weighted by atomic mass is 9.89. The molecule has 5 nitrogen and oxygen atoms in total. The van der Waals surface area contributed by atoms with Gasteiger partial charge in [0.05, 0.1) is 12.6 Å². The molecule has 1 atom stereocenters. The van der Waals surface area contributed by atoms with Crippen LogP contribution in [-0.4, -0.2) is 41.5 Å². The summed E-state index contributed by atoms with van der Waals surface area (Å²) in [5.74, 6) is 1.97. The Morgan fingerprint density at radius 2 is 1.72 bits per heavy atom. The van der Waals surface area contributed by atoms with Gasteiger partial charge in [-0.1, -0.05) is 54.6 Å². The van der Waals surface area contributed by atoms with Crippen LogP contribution in [0.25, 0.3) is 0 Å². The van der Waals surface area contributed by atoms with Crippen molar-refractivity contribution < 1.29 is 9.21 Å². The van der Waals surface area contributed by atoms with Gasteiger partial charge < -0.3 is 14.6 Å². The molecule has 2 aromatic carbocycles. The average Bonchev–Trinajstić information content (AvgIpc) is 3.22. The Hall–Kier alpha value is -3.05. The van der Waals surface area contributed by atoms with E-state index in [1.807, 2.05) is 19.1 Å². The Morgan fingerprint density at radius 1 is 0.969 bits per heavy atom. The summed E-state index contributed by atoms with van der Waals surface area (Å²) in [7, 11) is 0. The monoisotopic (exact) mass is 429 g/mol. The van der Waals surface area contributed by atoms with Gasteiger partial charge in [0.15, 0.2) is 0 Å². The van der Waals surface area contributed by atoms with Gasteiger partial charge in [0, 0.05) is 25.7 Å². The molecule has 0 spiro atoms. The van der Waals surface area contributed by atoms with Crippen LogP contribution in [0.2, 0.25) is 0 Å². The molecular weight excluding hydrogens is 398 g/mol. The molecule has 5 rings (SSSR count). The van der Waals surface area contributed by atoms with Crippen LogP contribution in [0.3, 0.4) is 0 Å². The topological polar surface area (TPSA) is 48.7 Å². The summed E-state index contributed by atoms with van der Waals surface area (Å²) in [4.78, 5) is 18.0. The maximum atomic E-state index is 13.4. The number of carbonyl (C=O) groups is 1. The van der Waals surface area contributed by atoms with E-state index in [0.29, 0.717) is 6.54 Å². The van der Waals surface area contributed by atoms with E-state index < -0.39 is 0 Å². The number of piperidine rings is 1. The number of aryl methyl sites for hydroxylation is 1. The van der Waals surface area contributed by atoms with Crippen molar-refractivity contribution in [3.8, 4) is 0 Å². The van der Waals surface area contributed by atoms with Gasteiger partial charge in [-0.25, -0.2) is 4.79 Å². The minimum absolute atomic E-state index is 0.0495. The molecule has 0 bridgehead atoms. The number of hydrogen-bond donors (Lipinski definition) is 1. The normalized spacial score (nSPS) is 20.3. The van der Waals surface area contributed by atoms with Gasteiger partial charge in [-0.15, -0.1) is 0 Å². The van der Waals surface area contributed by atoms with Crippen LogP contribution in [0, 0.1) is 6.92 Å². The SMILES string of the molecule is Cc1ccc(CN2CCC(N3C(=O)NCCc4ccccc4C3c3ccccc3)CC2)o1. The number of nitrogens with zero attached hydrogens (tertiary/aromatic N) is 2. The summed E-state index contributed by atoms with van der Waals surface area (Å²) in [6.07, 6.45) is 2.78. The van der Waals surface area contributed by atoms with Gasteiger partial charge in [0.2, 0.25) is 0 Å². The number of nitrogens with one attached hydrogen (secondary N) is 1. The summed E-state index contributed by atoms with van der Waals surface area (Å²) >= 11 is 0. The molecule has 1 fully saturated rings. The first-order chi connectivity index (χ1) is 15.7. The second-order valence-corrected chi connectivity index (χ2v) is 8.92. The zero-order chi connectivity index (χ0) is 21.9. The Balaban J connectivity index is 1.42. The number of benzene rings is 2. The zero-order valence-corrected chi connectivity index (χ0v) is 18.7. The van der Waals surface area contributed by atoms with E-state index in [0.717, 1.165) is 50.4 Å². The molecular formula is C27H31N3O2. The highest BCUT2D eigenvalue weighted by atomic mass is 16.3. The van der Waals surface area contributed by atoms with E-state index in [2.05, 4.69) is 69.7 Å². The minimum Gasteiger partial charge on any atom is -0.465 e. The van der Waals surface area contributed by atoms with E-state index in [1.54, 1.807) is 0 Å². The number of urea groups is 1. The summed E-state index contributed by atoms with van der Waals surface area (Å²) in [5, 5.41) is 3.18. The predicted octanol–water partition coefficient (Wildman–Crippen LogP) is 4.91. The number of carbonyl (C=O) groups excluding carboxylic acids is 1. The number of hydrogen-bond acceptors (Lipinski definition) is 3. The number of likely N-dealkylation sites (tertiary alicyclic amines) is 1. The summed E-state index contributed by atoms with van der Waals surface area (Å²) < 4.78 is 5.77. The molecule has 0 saturated carbocycles. The van der Waals surface area contributed by atoms with Crippen LogP contribution in [0.15, 0.2) is 71.1 Å². The van der Waals surface area contributed by atoms with Crippen molar-refractivity contribution in [2.75, 3.05) is 19.6 Å². The molecule has 1 N–H and O–H groups in total. The Bertz CT molecular complexity index is 1050. The second-order valence-electron chi connectivity index (χ2n) is 8.92. The van der Waals surface area contributed by atoms with E-state index >= 15 is 0 Å². The van der Waals surface area contributed by atoms with Gasteiger partial charge in [0.1, 0.15) is 11.5 Å².